The molecule has 7 nitrogen and oxygen atoms in total. The number of aromatic nitrogens is 1. The Balaban J connectivity index is 1.80. The number of halogens is 6. The number of alkyl halides is 5. The fourth-order valence-electron chi connectivity index (χ4n) is 4.29. The van der Waals surface area contributed by atoms with Gasteiger partial charge in [0.25, 0.3) is 5.92 Å². The minimum atomic E-state index is -4.95. The molecule has 13 heteroatoms. The van der Waals surface area contributed by atoms with Gasteiger partial charge in [0, 0.05) is 42.3 Å². The third kappa shape index (κ3) is 6.24. The van der Waals surface area contributed by atoms with Crippen LogP contribution >= 0.6 is 0 Å². The van der Waals surface area contributed by atoms with Gasteiger partial charge in [0.05, 0.1) is 16.8 Å². The topological polar surface area (TPSA) is 111 Å². The van der Waals surface area contributed by atoms with Crippen LogP contribution in [0.25, 0.3) is 11.1 Å². The zero-order chi connectivity index (χ0) is 29.2. The van der Waals surface area contributed by atoms with Gasteiger partial charge in [-0.25, -0.2) is 18.0 Å². The molecule has 40 heavy (non-hydrogen) atoms. The average Bonchev–Trinajstić information content (AvgIpc) is 2.86. The van der Waals surface area contributed by atoms with Crippen LogP contribution < -0.4 is 11.1 Å². The van der Waals surface area contributed by atoms with Crippen LogP contribution in [0.4, 0.5) is 36.8 Å². The Morgan fingerprint density at radius 1 is 1.02 bits per heavy atom. The first kappa shape index (κ1) is 28.6. The number of nitrogens with two attached hydrogens (primary N) is 1. The largest absolute Gasteiger partial charge is 0.446 e. The van der Waals surface area contributed by atoms with Gasteiger partial charge in [0.2, 0.25) is 5.91 Å². The molecule has 1 saturated carbocycles. The molecule has 2 amide bonds. The Hall–Kier alpha value is -4.42. The van der Waals surface area contributed by atoms with Crippen LogP contribution in [-0.2, 0) is 22.1 Å². The molecular weight excluding hydrogens is 544 g/mol. The molecule has 1 heterocycles. The minimum Gasteiger partial charge on any atom is -0.446 e. The lowest BCUT2D eigenvalue weighted by atomic mass is 9.89. The second-order valence-corrected chi connectivity index (χ2v) is 9.10. The van der Waals surface area contributed by atoms with Gasteiger partial charge in [-0.15, -0.1) is 0 Å². The van der Waals surface area contributed by atoms with Crippen molar-refractivity contribution in [1.29, 1.82) is 0 Å². The molecule has 0 saturated heterocycles. The summed E-state index contributed by atoms with van der Waals surface area (Å²) in [7, 11) is 0. The number of carbonyl (C=O) groups excluding carboxylic acids is 3. The molecule has 4 rings (SSSR count). The number of anilines is 1. The monoisotopic (exact) mass is 565 g/mol. The van der Waals surface area contributed by atoms with Gasteiger partial charge < -0.3 is 10.5 Å². The number of aryl methyl sites for hydroxylation is 1. The molecule has 0 radical (unpaired) electrons. The number of benzene rings is 2. The van der Waals surface area contributed by atoms with Crippen LogP contribution in [0.2, 0.25) is 0 Å². The van der Waals surface area contributed by atoms with E-state index < -0.39 is 77.0 Å². The highest BCUT2D eigenvalue weighted by molar-refractivity contribution is 6.14. The van der Waals surface area contributed by atoms with E-state index in [0.717, 1.165) is 18.2 Å². The van der Waals surface area contributed by atoms with E-state index in [2.05, 4.69) is 4.98 Å². The quantitative estimate of drug-likeness (QED) is 0.261. The number of hydrogen-bond acceptors (Lipinski definition) is 5. The van der Waals surface area contributed by atoms with Gasteiger partial charge in [-0.05, 0) is 30.2 Å². The lowest BCUT2D eigenvalue weighted by molar-refractivity contribution is -0.143. The SMILES string of the molecule is NC(=O)CCc1ncccc1-c1ccc(NC(=O)OC2CC(F)(F)C2)c(F)c1C(=O)c1ccccc1C(F)(F)F. The van der Waals surface area contributed by atoms with Crippen molar-refractivity contribution in [3.8, 4) is 11.1 Å². The number of nitrogens with one attached hydrogen (secondary N) is 1. The number of ether oxygens (including phenoxy) is 1. The summed E-state index contributed by atoms with van der Waals surface area (Å²) < 4.78 is 88.1. The Morgan fingerprint density at radius 3 is 2.38 bits per heavy atom. The number of nitrogens with zero attached hydrogens (tertiary/aromatic N) is 1. The van der Waals surface area contributed by atoms with E-state index in [0.29, 0.717) is 6.07 Å². The minimum absolute atomic E-state index is 0.0156. The Bertz CT molecular complexity index is 1470. The third-order valence-corrected chi connectivity index (χ3v) is 6.20. The second-order valence-electron chi connectivity index (χ2n) is 9.10. The second kappa shape index (κ2) is 11.0. The normalized spacial score (nSPS) is 14.8. The van der Waals surface area contributed by atoms with Crippen molar-refractivity contribution in [3.05, 3.63) is 82.9 Å². The fraction of sp³-hybridized carbons (Fsp3) is 0.259. The van der Waals surface area contributed by atoms with Crippen LogP contribution in [0.1, 0.15) is 46.4 Å². The predicted molar refractivity (Wildman–Crippen MR) is 130 cm³/mol. The standard InChI is InChI=1S/C27H21F6N3O4/c28-23-20(36-25(39)40-14-12-26(29,30)13-14)8-7-16(15-5-3-11-35-19(15)9-10-21(34)37)22(23)24(38)17-4-1-2-6-18(17)27(31,32)33/h1-8,11,14H,9-10,12-13H2,(H2,34,37)(H,36,39). The van der Waals surface area contributed by atoms with Gasteiger partial charge in [-0.3, -0.25) is 19.9 Å². The Morgan fingerprint density at radius 2 is 1.73 bits per heavy atom. The third-order valence-electron chi connectivity index (χ3n) is 6.20. The summed E-state index contributed by atoms with van der Waals surface area (Å²) in [6, 6.07) is 8.90. The molecule has 3 N–H and O–H groups in total. The predicted octanol–water partition coefficient (Wildman–Crippen LogP) is 5.90. The first-order valence-electron chi connectivity index (χ1n) is 11.9. The van der Waals surface area contributed by atoms with Crippen LogP contribution in [-0.4, -0.2) is 34.8 Å². The molecule has 0 atom stereocenters. The molecule has 0 aliphatic heterocycles. The molecular formula is C27H21F6N3O4. The summed E-state index contributed by atoms with van der Waals surface area (Å²) in [6.45, 7) is 0. The maximum absolute atomic E-state index is 16.0. The van der Waals surface area contributed by atoms with Crippen molar-refractivity contribution in [2.45, 2.75) is 43.9 Å². The number of pyridine rings is 1. The number of primary amides is 1. The molecule has 0 spiro atoms. The molecule has 1 aliphatic carbocycles. The number of amides is 2. The average molecular weight is 565 g/mol. The summed E-state index contributed by atoms with van der Waals surface area (Å²) in [5, 5.41) is 2.03. The van der Waals surface area contributed by atoms with Crippen molar-refractivity contribution in [1.82, 2.24) is 4.98 Å². The molecule has 1 fully saturated rings. The summed E-state index contributed by atoms with van der Waals surface area (Å²) in [5.74, 6) is -6.39. The maximum atomic E-state index is 16.0. The number of hydrogen-bond donors (Lipinski definition) is 2. The molecule has 1 aromatic heterocycles. The summed E-state index contributed by atoms with van der Waals surface area (Å²) in [5.41, 5.74) is 1.79. The number of ketones is 1. The Labute approximate surface area is 223 Å². The van der Waals surface area contributed by atoms with E-state index in [1.165, 1.54) is 30.5 Å². The van der Waals surface area contributed by atoms with Gasteiger partial charge in [0.15, 0.2) is 11.6 Å². The van der Waals surface area contributed by atoms with Gasteiger partial charge in [0.1, 0.15) is 6.10 Å². The van der Waals surface area contributed by atoms with Crippen LogP contribution in [0, 0.1) is 5.82 Å². The fourth-order valence-corrected chi connectivity index (χ4v) is 4.29. The van der Waals surface area contributed by atoms with Crippen LogP contribution in [0.15, 0.2) is 54.7 Å². The van der Waals surface area contributed by atoms with Crippen LogP contribution in [0.5, 0.6) is 0 Å². The smallest absolute Gasteiger partial charge is 0.417 e. The number of rotatable bonds is 8. The summed E-state index contributed by atoms with van der Waals surface area (Å²) >= 11 is 0. The zero-order valence-electron chi connectivity index (χ0n) is 20.5. The molecule has 0 bridgehead atoms. The first-order valence-corrected chi connectivity index (χ1v) is 11.9. The van der Waals surface area contributed by atoms with Crippen molar-refractivity contribution >= 4 is 23.5 Å². The van der Waals surface area contributed by atoms with Crippen molar-refractivity contribution in [2.75, 3.05) is 5.32 Å². The molecule has 3 aromatic rings. The van der Waals surface area contributed by atoms with E-state index >= 15 is 4.39 Å². The molecule has 1 aliphatic rings. The Kier molecular flexibility index (Phi) is 7.85. The van der Waals surface area contributed by atoms with Crippen LogP contribution in [0.3, 0.4) is 0 Å². The summed E-state index contributed by atoms with van der Waals surface area (Å²) in [4.78, 5) is 41.3. The lowest BCUT2D eigenvalue weighted by Gasteiger charge is -2.33. The zero-order valence-corrected chi connectivity index (χ0v) is 20.5. The molecule has 2 aromatic carbocycles. The van der Waals surface area contributed by atoms with Crippen molar-refractivity contribution in [3.63, 3.8) is 0 Å². The highest BCUT2D eigenvalue weighted by Crippen LogP contribution is 2.40. The van der Waals surface area contributed by atoms with E-state index in [9.17, 15) is 36.3 Å². The molecule has 210 valence electrons. The van der Waals surface area contributed by atoms with Crippen molar-refractivity contribution in [2.24, 2.45) is 5.73 Å². The van der Waals surface area contributed by atoms with Crippen molar-refractivity contribution < 1.29 is 45.5 Å². The van der Waals surface area contributed by atoms with Gasteiger partial charge in [-0.2, -0.15) is 13.2 Å². The van der Waals surface area contributed by atoms with E-state index in [4.69, 9.17) is 10.5 Å². The number of carbonyl (C=O) groups is 3. The van der Waals surface area contributed by atoms with Gasteiger partial charge >= 0.3 is 12.3 Å². The molecule has 0 unspecified atom stereocenters. The maximum Gasteiger partial charge on any atom is 0.417 e. The first-order chi connectivity index (χ1) is 18.8. The van der Waals surface area contributed by atoms with E-state index in [1.807, 2.05) is 5.32 Å². The highest BCUT2D eigenvalue weighted by Gasteiger charge is 2.47. The van der Waals surface area contributed by atoms with E-state index in [1.54, 1.807) is 0 Å². The van der Waals surface area contributed by atoms with E-state index in [-0.39, 0.29) is 29.7 Å². The summed E-state index contributed by atoms with van der Waals surface area (Å²) in [6.07, 6.45) is -7.58. The van der Waals surface area contributed by atoms with Gasteiger partial charge in [-0.1, -0.05) is 30.3 Å². The highest BCUT2D eigenvalue weighted by atomic mass is 19.4. The lowest BCUT2D eigenvalue weighted by Crippen LogP contribution is -2.43.